The summed E-state index contributed by atoms with van der Waals surface area (Å²) >= 11 is 0. The van der Waals surface area contributed by atoms with Crippen molar-refractivity contribution in [2.24, 2.45) is 0 Å². The fourth-order valence-electron chi connectivity index (χ4n) is 8.76. The monoisotopic (exact) mass is 705 g/mol. The Morgan fingerprint density at radius 2 is 1.16 bits per heavy atom. The third-order valence-electron chi connectivity index (χ3n) is 11.2. The van der Waals surface area contributed by atoms with Gasteiger partial charge in [-0.25, -0.2) is 0 Å². The second-order valence-corrected chi connectivity index (χ2v) is 14.0. The molecule has 0 amide bonds. The van der Waals surface area contributed by atoms with Crippen LogP contribution in [-0.2, 0) is 0 Å². The van der Waals surface area contributed by atoms with Crippen molar-refractivity contribution < 1.29 is 8.83 Å². The highest BCUT2D eigenvalue weighted by atomic mass is 16.3. The van der Waals surface area contributed by atoms with Gasteiger partial charge >= 0.3 is 0 Å². The highest BCUT2D eigenvalue weighted by molar-refractivity contribution is 6.22. The number of fused-ring (bicyclic) bond motifs is 12. The van der Waals surface area contributed by atoms with Crippen LogP contribution in [0.2, 0.25) is 0 Å². The molecule has 0 aliphatic heterocycles. The lowest BCUT2D eigenvalue weighted by Crippen LogP contribution is -2.03. The molecule has 0 bridgehead atoms. The van der Waals surface area contributed by atoms with E-state index in [0.29, 0.717) is 5.56 Å². The molecule has 0 unspecified atom stereocenters. The molecule has 258 valence electrons. The molecule has 4 aromatic heterocycles. The van der Waals surface area contributed by atoms with Crippen LogP contribution in [0.15, 0.2) is 167 Å². The predicted molar refractivity (Wildman–Crippen MR) is 226 cm³/mol. The van der Waals surface area contributed by atoms with Crippen LogP contribution in [0.3, 0.4) is 0 Å². The molecule has 5 heteroatoms. The van der Waals surface area contributed by atoms with Gasteiger partial charge < -0.3 is 18.0 Å². The summed E-state index contributed by atoms with van der Waals surface area (Å²) in [5.74, 6) is 0.805. The Labute approximate surface area is 315 Å². The largest absolute Gasteiger partial charge is 0.454 e. The molecule has 11 rings (SSSR count). The number of furan rings is 2. The van der Waals surface area contributed by atoms with Gasteiger partial charge in [-0.2, -0.15) is 5.26 Å². The van der Waals surface area contributed by atoms with E-state index >= 15 is 0 Å². The Kier molecular flexibility index (Phi) is 6.61. The van der Waals surface area contributed by atoms with Crippen molar-refractivity contribution in [3.05, 3.63) is 175 Å². The average molecular weight is 706 g/mol. The maximum atomic E-state index is 10.9. The van der Waals surface area contributed by atoms with Crippen LogP contribution >= 0.6 is 0 Å². The van der Waals surface area contributed by atoms with Crippen molar-refractivity contribution in [1.29, 1.82) is 5.26 Å². The molecular weight excluding hydrogens is 675 g/mol. The summed E-state index contributed by atoms with van der Waals surface area (Å²) in [6.45, 7) is 5.97. The molecule has 4 heterocycles. The van der Waals surface area contributed by atoms with E-state index in [1.165, 1.54) is 0 Å². The number of nitrogens with zero attached hydrogens (tertiary/aromatic N) is 3. The second kappa shape index (κ2) is 11.7. The first-order chi connectivity index (χ1) is 27.2. The zero-order valence-electron chi connectivity index (χ0n) is 29.9. The number of aromatic nitrogens is 2. The van der Waals surface area contributed by atoms with Gasteiger partial charge in [0.25, 0.3) is 0 Å². The van der Waals surface area contributed by atoms with Gasteiger partial charge in [0.05, 0.1) is 39.0 Å². The quantitative estimate of drug-likeness (QED) is 0.168. The smallest absolute Gasteiger partial charge is 0.160 e. The van der Waals surface area contributed by atoms with Crippen molar-refractivity contribution in [3.63, 3.8) is 0 Å². The summed E-state index contributed by atoms with van der Waals surface area (Å²) in [7, 11) is 0. The predicted octanol–water partition coefficient (Wildman–Crippen LogP) is 13.6. The summed E-state index contributed by atoms with van der Waals surface area (Å²) in [4.78, 5) is 0. The molecular formula is C50H31N3O2. The zero-order valence-corrected chi connectivity index (χ0v) is 29.9. The molecule has 0 aliphatic rings. The standard InChI is InChI=1S/C50H31N3O2/c1-3-4-23-44-30(2)32-25-26-38-34-16-6-10-21-42(34)52(47(38)49(32)54-44)41-20-9-5-15-33(41)37-19-13-14-31(29-51)46(37)53-43-22-11-7-17-35(43)39-27-28-40-36-18-8-12-24-45(36)55-50(40)48(39)53/h3-28H,1H2,2H3/b23-4-. The van der Waals surface area contributed by atoms with Gasteiger partial charge in [-0.15, -0.1) is 0 Å². The number of para-hydroxylation sites is 5. The number of allylic oxidation sites excluding steroid dienone is 2. The van der Waals surface area contributed by atoms with Gasteiger partial charge in [0.15, 0.2) is 11.2 Å². The van der Waals surface area contributed by atoms with Gasteiger partial charge in [-0.3, -0.25) is 0 Å². The van der Waals surface area contributed by atoms with Crippen LogP contribution in [0, 0.1) is 18.3 Å². The van der Waals surface area contributed by atoms with Crippen LogP contribution in [0.25, 0.3) is 105 Å². The summed E-state index contributed by atoms with van der Waals surface area (Å²) in [6, 6.07) is 50.9. The third-order valence-corrected chi connectivity index (χ3v) is 11.2. The van der Waals surface area contributed by atoms with Crippen molar-refractivity contribution in [3.8, 4) is 28.6 Å². The summed E-state index contributed by atoms with van der Waals surface area (Å²) < 4.78 is 18.0. The minimum Gasteiger partial charge on any atom is -0.454 e. The first-order valence-electron chi connectivity index (χ1n) is 18.4. The third kappa shape index (κ3) is 4.28. The topological polar surface area (TPSA) is 59.9 Å². The molecule has 5 nitrogen and oxygen atoms in total. The van der Waals surface area contributed by atoms with E-state index in [-0.39, 0.29) is 0 Å². The molecule has 0 saturated heterocycles. The lowest BCUT2D eigenvalue weighted by atomic mass is 9.97. The van der Waals surface area contributed by atoms with Gasteiger partial charge in [0, 0.05) is 54.4 Å². The summed E-state index contributed by atoms with van der Waals surface area (Å²) in [5, 5.41) is 18.4. The highest BCUT2D eigenvalue weighted by Crippen LogP contribution is 2.46. The number of rotatable bonds is 5. The van der Waals surface area contributed by atoms with Crippen LogP contribution in [0.1, 0.15) is 16.9 Å². The SMILES string of the molecule is C=C/C=C\c1oc2c(ccc3c4ccccc4n(-c4ccccc4-c4cccc(C#N)c4-n4c5ccccc5c5ccc6c7ccccc7oc6c54)c32)c1C. The van der Waals surface area contributed by atoms with E-state index in [9.17, 15) is 5.26 Å². The molecule has 11 aromatic rings. The first-order valence-corrected chi connectivity index (χ1v) is 18.4. The number of benzene rings is 7. The van der Waals surface area contributed by atoms with Crippen LogP contribution in [0.5, 0.6) is 0 Å². The van der Waals surface area contributed by atoms with E-state index in [2.05, 4.69) is 138 Å². The normalized spacial score (nSPS) is 12.1. The Hall–Kier alpha value is -7.55. The van der Waals surface area contributed by atoms with Gasteiger partial charge in [-0.1, -0.05) is 122 Å². The van der Waals surface area contributed by atoms with Gasteiger partial charge in [0.2, 0.25) is 0 Å². The second-order valence-electron chi connectivity index (χ2n) is 14.0. The van der Waals surface area contributed by atoms with Crippen LogP contribution < -0.4 is 0 Å². The number of hydrogen-bond acceptors (Lipinski definition) is 3. The molecule has 0 aliphatic carbocycles. The lowest BCUT2D eigenvalue weighted by Gasteiger charge is -2.19. The highest BCUT2D eigenvalue weighted by Gasteiger charge is 2.26. The zero-order chi connectivity index (χ0) is 36.8. The fraction of sp³-hybridized carbons (Fsp3) is 0.0200. The number of aryl methyl sites for hydroxylation is 1. The maximum Gasteiger partial charge on any atom is 0.160 e. The molecule has 0 radical (unpaired) electrons. The van der Waals surface area contributed by atoms with E-state index in [4.69, 9.17) is 8.83 Å². The van der Waals surface area contributed by atoms with E-state index in [1.54, 1.807) is 6.08 Å². The van der Waals surface area contributed by atoms with E-state index in [1.807, 2.05) is 42.5 Å². The molecule has 7 aromatic carbocycles. The Morgan fingerprint density at radius 1 is 0.564 bits per heavy atom. The minimum atomic E-state index is 0.563. The Balaban J connectivity index is 1.28. The summed E-state index contributed by atoms with van der Waals surface area (Å²) in [5.41, 5.74) is 11.7. The molecule has 55 heavy (non-hydrogen) atoms. The summed E-state index contributed by atoms with van der Waals surface area (Å²) in [6.07, 6.45) is 5.64. The van der Waals surface area contributed by atoms with Crippen molar-refractivity contribution >= 4 is 82.6 Å². The Morgan fingerprint density at radius 3 is 1.93 bits per heavy atom. The number of nitriles is 1. The van der Waals surface area contributed by atoms with Crippen LogP contribution in [-0.4, -0.2) is 9.13 Å². The number of hydrogen-bond donors (Lipinski definition) is 0. The van der Waals surface area contributed by atoms with Gasteiger partial charge in [-0.05, 0) is 49.4 Å². The molecule has 0 saturated carbocycles. The average Bonchev–Trinajstić information content (AvgIpc) is 3.97. The van der Waals surface area contributed by atoms with Crippen LogP contribution in [0.4, 0.5) is 0 Å². The molecule has 0 N–H and O–H groups in total. The van der Waals surface area contributed by atoms with E-state index in [0.717, 1.165) is 110 Å². The first kappa shape index (κ1) is 31.0. The molecule has 0 atom stereocenters. The van der Waals surface area contributed by atoms with Crippen molar-refractivity contribution in [1.82, 2.24) is 9.13 Å². The Bertz CT molecular complexity index is 3480. The fourth-order valence-corrected chi connectivity index (χ4v) is 8.76. The van der Waals surface area contributed by atoms with Gasteiger partial charge in [0.1, 0.15) is 17.4 Å². The maximum absolute atomic E-state index is 10.9. The van der Waals surface area contributed by atoms with Crippen molar-refractivity contribution in [2.45, 2.75) is 6.92 Å². The van der Waals surface area contributed by atoms with Crippen molar-refractivity contribution in [2.75, 3.05) is 0 Å². The lowest BCUT2D eigenvalue weighted by molar-refractivity contribution is 0.603. The molecule has 0 fully saturated rings. The minimum absolute atomic E-state index is 0.563. The molecule has 0 spiro atoms. The van der Waals surface area contributed by atoms with E-state index < -0.39 is 0 Å².